The number of hydrogen-bond donors (Lipinski definition) is 1. The average Bonchev–Trinajstić information content (AvgIpc) is 3.02. The van der Waals surface area contributed by atoms with Crippen LogP contribution in [0.25, 0.3) is 22.4 Å². The molecule has 0 aliphatic heterocycles. The molecule has 2 aromatic carbocycles. The molecule has 3 rings (SSSR count). The van der Waals surface area contributed by atoms with Crippen LogP contribution in [0, 0.1) is 6.92 Å². The van der Waals surface area contributed by atoms with E-state index in [2.05, 4.69) is 35.9 Å². The smallest absolute Gasteiger partial charge is 0.203 e. The van der Waals surface area contributed by atoms with Crippen molar-refractivity contribution in [3.05, 3.63) is 35.9 Å². The summed E-state index contributed by atoms with van der Waals surface area (Å²) in [6, 6.07) is 9.98. The molecule has 1 N–H and O–H groups in total. The topological polar surface area (TPSA) is 56.4 Å². The van der Waals surface area contributed by atoms with Crippen LogP contribution in [0.15, 0.2) is 30.3 Å². The van der Waals surface area contributed by atoms with Gasteiger partial charge in [0.25, 0.3) is 0 Å². The Labute approximate surface area is 141 Å². The van der Waals surface area contributed by atoms with Crippen molar-refractivity contribution < 1.29 is 14.2 Å². The number of benzene rings is 2. The molecular formula is C19H22N2O3. The van der Waals surface area contributed by atoms with Gasteiger partial charge in [-0.15, -0.1) is 0 Å². The SMILES string of the molecule is CCCOc1c(OC)cc(-c2nc3ccc(C)cc3[nH]2)cc1OC. The summed E-state index contributed by atoms with van der Waals surface area (Å²) < 4.78 is 16.8. The summed E-state index contributed by atoms with van der Waals surface area (Å²) in [5, 5.41) is 0. The van der Waals surface area contributed by atoms with E-state index in [1.807, 2.05) is 18.2 Å². The van der Waals surface area contributed by atoms with Gasteiger partial charge in [-0.05, 0) is 43.2 Å². The minimum atomic E-state index is 0.607. The van der Waals surface area contributed by atoms with Crippen LogP contribution in [-0.4, -0.2) is 30.8 Å². The van der Waals surface area contributed by atoms with Crippen LogP contribution < -0.4 is 14.2 Å². The first kappa shape index (κ1) is 16.2. The molecule has 0 aliphatic carbocycles. The molecule has 0 unspecified atom stereocenters. The maximum absolute atomic E-state index is 5.78. The van der Waals surface area contributed by atoms with Crippen LogP contribution >= 0.6 is 0 Å². The number of nitrogens with zero attached hydrogens (tertiary/aromatic N) is 1. The molecule has 0 saturated heterocycles. The minimum absolute atomic E-state index is 0.607. The number of hydrogen-bond acceptors (Lipinski definition) is 4. The summed E-state index contributed by atoms with van der Waals surface area (Å²) in [5.74, 6) is 2.66. The van der Waals surface area contributed by atoms with Gasteiger partial charge in [-0.1, -0.05) is 13.0 Å². The minimum Gasteiger partial charge on any atom is -0.493 e. The number of aromatic nitrogens is 2. The Bertz CT molecular complexity index is 830. The van der Waals surface area contributed by atoms with E-state index in [0.29, 0.717) is 23.9 Å². The highest BCUT2D eigenvalue weighted by Crippen LogP contribution is 2.41. The standard InChI is InChI=1S/C19H22N2O3/c1-5-8-24-18-16(22-3)10-13(11-17(18)23-4)19-20-14-7-6-12(2)9-15(14)21-19/h6-7,9-11H,5,8H2,1-4H3,(H,20,21). The Hall–Kier alpha value is -2.69. The summed E-state index contributed by atoms with van der Waals surface area (Å²) >= 11 is 0. The third kappa shape index (κ3) is 3.02. The number of nitrogens with one attached hydrogen (secondary N) is 1. The van der Waals surface area contributed by atoms with Crippen molar-refractivity contribution in [1.29, 1.82) is 0 Å². The third-order valence-corrected chi connectivity index (χ3v) is 3.82. The Morgan fingerprint density at radius 1 is 1.04 bits per heavy atom. The van der Waals surface area contributed by atoms with E-state index in [9.17, 15) is 0 Å². The molecule has 0 amide bonds. The van der Waals surface area contributed by atoms with E-state index in [-0.39, 0.29) is 0 Å². The van der Waals surface area contributed by atoms with Crippen molar-refractivity contribution >= 4 is 11.0 Å². The monoisotopic (exact) mass is 326 g/mol. The number of ether oxygens (including phenoxy) is 3. The highest BCUT2D eigenvalue weighted by molar-refractivity contribution is 5.81. The highest BCUT2D eigenvalue weighted by Gasteiger charge is 2.16. The van der Waals surface area contributed by atoms with Crippen molar-refractivity contribution in [2.45, 2.75) is 20.3 Å². The molecule has 5 heteroatoms. The fourth-order valence-electron chi connectivity index (χ4n) is 2.62. The van der Waals surface area contributed by atoms with Crippen LogP contribution in [0.3, 0.4) is 0 Å². The van der Waals surface area contributed by atoms with Crippen molar-refractivity contribution in [2.75, 3.05) is 20.8 Å². The Morgan fingerprint density at radius 2 is 1.75 bits per heavy atom. The second kappa shape index (κ2) is 6.83. The maximum Gasteiger partial charge on any atom is 0.203 e. The van der Waals surface area contributed by atoms with Gasteiger partial charge >= 0.3 is 0 Å². The fraction of sp³-hybridized carbons (Fsp3) is 0.316. The first-order chi connectivity index (χ1) is 11.7. The summed E-state index contributed by atoms with van der Waals surface area (Å²) in [6.45, 7) is 4.73. The van der Waals surface area contributed by atoms with E-state index in [1.165, 1.54) is 5.56 Å². The second-order valence-corrected chi connectivity index (χ2v) is 5.66. The van der Waals surface area contributed by atoms with Crippen molar-refractivity contribution in [3.63, 3.8) is 0 Å². The summed E-state index contributed by atoms with van der Waals surface area (Å²) in [6.07, 6.45) is 0.914. The molecule has 0 aliphatic rings. The Balaban J connectivity index is 2.09. The number of H-pyrrole nitrogens is 1. The van der Waals surface area contributed by atoms with E-state index in [0.717, 1.165) is 28.8 Å². The zero-order valence-electron chi connectivity index (χ0n) is 14.5. The normalized spacial score (nSPS) is 10.8. The molecule has 1 aromatic heterocycles. The van der Waals surface area contributed by atoms with E-state index < -0.39 is 0 Å². The van der Waals surface area contributed by atoms with Crippen LogP contribution in [0.1, 0.15) is 18.9 Å². The van der Waals surface area contributed by atoms with Crippen molar-refractivity contribution in [2.24, 2.45) is 0 Å². The van der Waals surface area contributed by atoms with Gasteiger partial charge in [0.2, 0.25) is 5.75 Å². The number of rotatable bonds is 6. The molecule has 0 atom stereocenters. The Morgan fingerprint density at radius 3 is 2.38 bits per heavy atom. The highest BCUT2D eigenvalue weighted by atomic mass is 16.5. The van der Waals surface area contributed by atoms with Crippen LogP contribution in [0.5, 0.6) is 17.2 Å². The number of imidazole rings is 1. The van der Waals surface area contributed by atoms with E-state index in [1.54, 1.807) is 14.2 Å². The molecule has 24 heavy (non-hydrogen) atoms. The van der Waals surface area contributed by atoms with Crippen LogP contribution in [-0.2, 0) is 0 Å². The van der Waals surface area contributed by atoms with Gasteiger partial charge < -0.3 is 19.2 Å². The fourth-order valence-corrected chi connectivity index (χ4v) is 2.62. The van der Waals surface area contributed by atoms with Gasteiger partial charge in [0, 0.05) is 5.56 Å². The third-order valence-electron chi connectivity index (χ3n) is 3.82. The van der Waals surface area contributed by atoms with Crippen molar-refractivity contribution in [1.82, 2.24) is 9.97 Å². The first-order valence-electron chi connectivity index (χ1n) is 8.01. The van der Waals surface area contributed by atoms with Gasteiger partial charge in [0.15, 0.2) is 11.5 Å². The number of methoxy groups -OCH3 is 2. The number of aryl methyl sites for hydroxylation is 1. The quantitative estimate of drug-likeness (QED) is 0.732. The van der Waals surface area contributed by atoms with Gasteiger partial charge in [-0.2, -0.15) is 0 Å². The average molecular weight is 326 g/mol. The zero-order valence-corrected chi connectivity index (χ0v) is 14.5. The van der Waals surface area contributed by atoms with E-state index in [4.69, 9.17) is 14.2 Å². The number of aromatic amines is 1. The largest absolute Gasteiger partial charge is 0.493 e. The molecule has 126 valence electrons. The molecule has 0 spiro atoms. The lowest BCUT2D eigenvalue weighted by atomic mass is 10.1. The predicted molar refractivity (Wildman–Crippen MR) is 95.2 cm³/mol. The van der Waals surface area contributed by atoms with Gasteiger partial charge in [-0.25, -0.2) is 4.98 Å². The maximum atomic E-state index is 5.78. The predicted octanol–water partition coefficient (Wildman–Crippen LogP) is 4.34. The Kier molecular flexibility index (Phi) is 4.60. The molecule has 0 fully saturated rings. The summed E-state index contributed by atoms with van der Waals surface area (Å²) in [4.78, 5) is 8.01. The second-order valence-electron chi connectivity index (χ2n) is 5.66. The molecule has 1 heterocycles. The lowest BCUT2D eigenvalue weighted by Gasteiger charge is -2.15. The van der Waals surface area contributed by atoms with Gasteiger partial charge in [0.1, 0.15) is 5.82 Å². The molecule has 0 bridgehead atoms. The first-order valence-corrected chi connectivity index (χ1v) is 8.01. The van der Waals surface area contributed by atoms with Crippen molar-refractivity contribution in [3.8, 4) is 28.6 Å². The molecule has 0 radical (unpaired) electrons. The molecular weight excluding hydrogens is 304 g/mol. The van der Waals surface area contributed by atoms with Crippen LogP contribution in [0.2, 0.25) is 0 Å². The lowest BCUT2D eigenvalue weighted by Crippen LogP contribution is -2.01. The van der Waals surface area contributed by atoms with Gasteiger partial charge in [-0.3, -0.25) is 0 Å². The van der Waals surface area contributed by atoms with E-state index >= 15 is 0 Å². The molecule has 5 nitrogen and oxygen atoms in total. The number of fused-ring (bicyclic) bond motifs is 1. The van der Waals surface area contributed by atoms with Gasteiger partial charge in [0.05, 0.1) is 31.9 Å². The summed E-state index contributed by atoms with van der Waals surface area (Å²) in [5.41, 5.74) is 4.02. The zero-order chi connectivity index (χ0) is 17.1. The molecule has 0 saturated carbocycles. The lowest BCUT2D eigenvalue weighted by molar-refractivity contribution is 0.275. The van der Waals surface area contributed by atoms with Crippen LogP contribution in [0.4, 0.5) is 0 Å². The molecule has 3 aromatic rings. The summed E-state index contributed by atoms with van der Waals surface area (Å²) in [7, 11) is 3.25.